The van der Waals surface area contributed by atoms with Gasteiger partial charge in [0.25, 0.3) is 5.91 Å². The van der Waals surface area contributed by atoms with E-state index in [0.29, 0.717) is 5.56 Å². The molecule has 3 nitrogen and oxygen atoms in total. The van der Waals surface area contributed by atoms with Crippen molar-refractivity contribution in [1.29, 1.82) is 0 Å². The zero-order chi connectivity index (χ0) is 16.5. The fraction of sp³-hybridized carbons (Fsp3) is 0.211. The third-order valence-corrected chi connectivity index (χ3v) is 6.34. The van der Waals surface area contributed by atoms with Gasteiger partial charge in [-0.3, -0.25) is 4.79 Å². The van der Waals surface area contributed by atoms with Crippen molar-refractivity contribution in [2.24, 2.45) is 0 Å². The fourth-order valence-electron chi connectivity index (χ4n) is 3.21. The summed E-state index contributed by atoms with van der Waals surface area (Å²) in [5.41, 5.74) is 2.75. The number of hydrogen-bond donors (Lipinski definition) is 1. The van der Waals surface area contributed by atoms with Crippen LogP contribution in [-0.4, -0.2) is 22.5 Å². The lowest BCUT2D eigenvalue weighted by Gasteiger charge is -2.35. The van der Waals surface area contributed by atoms with E-state index in [2.05, 4.69) is 22.9 Å². The highest BCUT2D eigenvalue weighted by atomic mass is 32.1. The third kappa shape index (κ3) is 2.69. The summed E-state index contributed by atoms with van der Waals surface area (Å²) in [5, 5.41) is 13.4. The molecule has 0 bridgehead atoms. The van der Waals surface area contributed by atoms with Gasteiger partial charge in [0.1, 0.15) is 0 Å². The van der Waals surface area contributed by atoms with Gasteiger partial charge in [0, 0.05) is 21.9 Å². The minimum Gasteiger partial charge on any atom is -0.392 e. The SMILES string of the molecule is O=C(c1ccc(CO)cc1)N1CCc2sccc2C1c1cccs1. The molecule has 2 aromatic heterocycles. The molecule has 5 heteroatoms. The van der Waals surface area contributed by atoms with Gasteiger partial charge in [-0.1, -0.05) is 18.2 Å². The van der Waals surface area contributed by atoms with Crippen LogP contribution in [0, 0.1) is 0 Å². The van der Waals surface area contributed by atoms with Gasteiger partial charge in [-0.05, 0) is 52.6 Å². The Morgan fingerprint density at radius 2 is 1.96 bits per heavy atom. The van der Waals surface area contributed by atoms with Crippen LogP contribution in [0.3, 0.4) is 0 Å². The summed E-state index contributed by atoms with van der Waals surface area (Å²) in [4.78, 5) is 17.7. The Hall–Kier alpha value is -1.95. The van der Waals surface area contributed by atoms with E-state index in [1.54, 1.807) is 22.7 Å². The monoisotopic (exact) mass is 355 g/mol. The van der Waals surface area contributed by atoms with Gasteiger partial charge in [0.15, 0.2) is 0 Å². The fourth-order valence-corrected chi connectivity index (χ4v) is 4.97. The molecular formula is C19H17NO2S2. The number of benzene rings is 1. The van der Waals surface area contributed by atoms with Gasteiger partial charge in [-0.15, -0.1) is 22.7 Å². The van der Waals surface area contributed by atoms with Gasteiger partial charge in [0.05, 0.1) is 12.6 Å². The predicted molar refractivity (Wildman–Crippen MR) is 97.6 cm³/mol. The zero-order valence-corrected chi connectivity index (χ0v) is 14.6. The van der Waals surface area contributed by atoms with Gasteiger partial charge >= 0.3 is 0 Å². The van der Waals surface area contributed by atoms with E-state index in [9.17, 15) is 9.90 Å². The lowest BCUT2D eigenvalue weighted by molar-refractivity contribution is 0.0698. The molecule has 0 fully saturated rings. The Balaban J connectivity index is 1.71. The molecule has 1 aliphatic heterocycles. The van der Waals surface area contributed by atoms with E-state index in [1.807, 2.05) is 35.2 Å². The normalized spacial score (nSPS) is 16.9. The van der Waals surface area contributed by atoms with Crippen molar-refractivity contribution in [2.75, 3.05) is 6.54 Å². The summed E-state index contributed by atoms with van der Waals surface area (Å²) in [6, 6.07) is 13.5. The number of fused-ring (bicyclic) bond motifs is 1. The molecule has 3 aromatic rings. The van der Waals surface area contributed by atoms with Crippen LogP contribution in [-0.2, 0) is 13.0 Å². The molecule has 3 heterocycles. The molecule has 0 saturated heterocycles. The molecule has 1 N–H and O–H groups in total. The van der Waals surface area contributed by atoms with Crippen LogP contribution in [0.1, 0.15) is 37.3 Å². The molecular weight excluding hydrogens is 338 g/mol. The summed E-state index contributed by atoms with van der Waals surface area (Å²) in [6.07, 6.45) is 0.912. The van der Waals surface area contributed by atoms with Gasteiger partial charge < -0.3 is 10.0 Å². The standard InChI is InChI=1S/C19H17NO2S2/c21-12-13-3-5-14(6-4-13)19(22)20-9-7-16-15(8-11-24-16)18(20)17-2-1-10-23-17/h1-6,8,10-11,18,21H,7,9,12H2. The molecule has 0 radical (unpaired) electrons. The van der Waals surface area contributed by atoms with Crippen LogP contribution >= 0.6 is 22.7 Å². The van der Waals surface area contributed by atoms with Crippen LogP contribution in [0.15, 0.2) is 53.2 Å². The molecule has 1 atom stereocenters. The van der Waals surface area contributed by atoms with Crippen LogP contribution < -0.4 is 0 Å². The average molecular weight is 355 g/mol. The number of rotatable bonds is 3. The Morgan fingerprint density at radius 3 is 2.67 bits per heavy atom. The van der Waals surface area contributed by atoms with E-state index in [-0.39, 0.29) is 18.6 Å². The second kappa shape index (κ2) is 6.51. The topological polar surface area (TPSA) is 40.5 Å². The summed E-state index contributed by atoms with van der Waals surface area (Å²) in [6.45, 7) is 0.727. The van der Waals surface area contributed by atoms with Crippen molar-refractivity contribution in [3.05, 3.63) is 79.7 Å². The molecule has 1 aromatic carbocycles. The number of nitrogens with zero attached hydrogens (tertiary/aromatic N) is 1. The predicted octanol–water partition coefficient (Wildman–Crippen LogP) is 4.09. The molecule has 0 aliphatic carbocycles. The van der Waals surface area contributed by atoms with Crippen molar-refractivity contribution in [2.45, 2.75) is 19.1 Å². The highest BCUT2D eigenvalue weighted by Gasteiger charge is 2.33. The second-order valence-electron chi connectivity index (χ2n) is 5.82. The molecule has 0 saturated carbocycles. The first kappa shape index (κ1) is 15.6. The summed E-state index contributed by atoms with van der Waals surface area (Å²) >= 11 is 3.48. The van der Waals surface area contributed by atoms with Gasteiger partial charge in [0.2, 0.25) is 0 Å². The number of amides is 1. The first-order chi connectivity index (χ1) is 11.8. The Morgan fingerprint density at radius 1 is 1.12 bits per heavy atom. The number of aliphatic hydroxyl groups is 1. The zero-order valence-electron chi connectivity index (χ0n) is 13.0. The smallest absolute Gasteiger partial charge is 0.254 e. The summed E-state index contributed by atoms with van der Waals surface area (Å²) in [5.74, 6) is 0.0507. The van der Waals surface area contributed by atoms with Crippen LogP contribution in [0.2, 0.25) is 0 Å². The van der Waals surface area contributed by atoms with Crippen molar-refractivity contribution in [3.8, 4) is 0 Å². The van der Waals surface area contributed by atoms with Crippen LogP contribution in [0.5, 0.6) is 0 Å². The largest absolute Gasteiger partial charge is 0.392 e. The highest BCUT2D eigenvalue weighted by molar-refractivity contribution is 7.10. The van der Waals surface area contributed by atoms with Crippen molar-refractivity contribution >= 4 is 28.6 Å². The first-order valence-corrected chi connectivity index (χ1v) is 9.64. The maximum Gasteiger partial charge on any atom is 0.254 e. The van der Waals surface area contributed by atoms with E-state index in [4.69, 9.17) is 0 Å². The van der Waals surface area contributed by atoms with Crippen molar-refractivity contribution < 1.29 is 9.90 Å². The molecule has 122 valence electrons. The average Bonchev–Trinajstić information content (AvgIpc) is 3.31. The van der Waals surface area contributed by atoms with Crippen molar-refractivity contribution in [3.63, 3.8) is 0 Å². The van der Waals surface area contributed by atoms with Crippen LogP contribution in [0.25, 0.3) is 0 Å². The van der Waals surface area contributed by atoms with E-state index in [1.165, 1.54) is 15.3 Å². The van der Waals surface area contributed by atoms with E-state index < -0.39 is 0 Å². The summed E-state index contributed by atoms with van der Waals surface area (Å²) in [7, 11) is 0. The second-order valence-corrected chi connectivity index (χ2v) is 7.80. The lowest BCUT2D eigenvalue weighted by Crippen LogP contribution is -2.39. The number of carbonyl (C=O) groups is 1. The number of carbonyl (C=O) groups excluding carboxylic acids is 1. The maximum atomic E-state index is 13.1. The number of thiophene rings is 2. The van der Waals surface area contributed by atoms with E-state index in [0.717, 1.165) is 18.5 Å². The minimum atomic E-state index is -0.00569. The lowest BCUT2D eigenvalue weighted by atomic mass is 9.97. The molecule has 4 rings (SSSR count). The molecule has 0 spiro atoms. The first-order valence-electron chi connectivity index (χ1n) is 7.88. The van der Waals surface area contributed by atoms with Crippen molar-refractivity contribution in [1.82, 2.24) is 4.90 Å². The molecule has 24 heavy (non-hydrogen) atoms. The van der Waals surface area contributed by atoms with Gasteiger partial charge in [-0.2, -0.15) is 0 Å². The summed E-state index contributed by atoms with van der Waals surface area (Å²) < 4.78 is 0. The van der Waals surface area contributed by atoms with Crippen LogP contribution in [0.4, 0.5) is 0 Å². The minimum absolute atomic E-state index is 0.00465. The maximum absolute atomic E-state index is 13.1. The third-order valence-electron chi connectivity index (χ3n) is 4.42. The number of aliphatic hydroxyl groups excluding tert-OH is 1. The van der Waals surface area contributed by atoms with E-state index >= 15 is 0 Å². The molecule has 1 aliphatic rings. The molecule has 1 amide bonds. The Kier molecular flexibility index (Phi) is 4.22. The molecule has 1 unspecified atom stereocenters. The quantitative estimate of drug-likeness (QED) is 0.769. The highest BCUT2D eigenvalue weighted by Crippen LogP contribution is 2.40. The number of hydrogen-bond acceptors (Lipinski definition) is 4. The van der Waals surface area contributed by atoms with Gasteiger partial charge in [-0.25, -0.2) is 0 Å². The Bertz CT molecular complexity index is 837. The Labute approximate surface area is 148 Å².